The van der Waals surface area contributed by atoms with E-state index in [4.69, 9.17) is 28.9 Å². The number of hydrogen-bond donors (Lipinski definition) is 3. The van der Waals surface area contributed by atoms with Crippen molar-refractivity contribution in [1.29, 1.82) is 0 Å². The van der Waals surface area contributed by atoms with Crippen molar-refractivity contribution in [2.45, 2.75) is 100 Å². The van der Waals surface area contributed by atoms with Crippen molar-refractivity contribution in [3.63, 3.8) is 0 Å². The van der Waals surface area contributed by atoms with E-state index < -0.39 is 34.1 Å². The fourth-order valence-electron chi connectivity index (χ4n) is 10.4. The van der Waals surface area contributed by atoms with Crippen LogP contribution >= 0.6 is 0 Å². The second-order valence-corrected chi connectivity index (χ2v) is 19.9. The van der Waals surface area contributed by atoms with Gasteiger partial charge in [-0.25, -0.2) is 8.42 Å². The lowest BCUT2D eigenvalue weighted by molar-refractivity contribution is -0.250. The second kappa shape index (κ2) is 21.7. The second-order valence-electron chi connectivity index (χ2n) is 17.9. The Hall–Kier alpha value is -5.35. The number of oxime groups is 1. The standard InChI is InChI=1S/C53H63N3O10S/c1-4-31-63-53-49(56(3)67(60,61)43-26-21-40(22-27-43)54-36(2)59)35-47(55-66-50-18-10-13-32-62-50)45-33-39(16-8-11-29-57)44(17-9-12-30-58)51(52(45)53)46-34-42(25-28-48(46)65-53)64-41-23-19-38(20-24-41)37-14-6-5-7-15-37/h4-7,14-15,19-28,33-34,39,44,49-52,57-58H,1,8-13,16-18,29-32,35H2,2-3H3,(H,54,59)/t39-,44+,49-,50?,51+,52+,53+/m0/s1. The van der Waals surface area contributed by atoms with Gasteiger partial charge in [-0.3, -0.25) is 4.79 Å². The fourth-order valence-corrected chi connectivity index (χ4v) is 11.8. The summed E-state index contributed by atoms with van der Waals surface area (Å²) in [5, 5.41) is 27.6. The van der Waals surface area contributed by atoms with Gasteiger partial charge in [-0.2, -0.15) is 4.31 Å². The minimum absolute atomic E-state index is 0.0101. The number of allylic oxidation sites excluding steroid dienone is 1. The summed E-state index contributed by atoms with van der Waals surface area (Å²) in [6.45, 7) is 6.13. The molecule has 13 nitrogen and oxygen atoms in total. The number of amides is 1. The molecule has 2 aliphatic heterocycles. The summed E-state index contributed by atoms with van der Waals surface area (Å²) in [5.41, 5.74) is 4.96. The number of benzene rings is 4. The van der Waals surface area contributed by atoms with E-state index >= 15 is 0 Å². The van der Waals surface area contributed by atoms with Gasteiger partial charge in [-0.15, -0.1) is 6.58 Å². The first-order chi connectivity index (χ1) is 32.6. The zero-order valence-electron chi connectivity index (χ0n) is 38.4. The molecule has 0 radical (unpaired) electrons. The summed E-state index contributed by atoms with van der Waals surface area (Å²) >= 11 is 0. The first-order valence-corrected chi connectivity index (χ1v) is 25.0. The summed E-state index contributed by atoms with van der Waals surface area (Å²) in [5.74, 6) is -1.00. The van der Waals surface area contributed by atoms with E-state index in [9.17, 15) is 23.4 Å². The van der Waals surface area contributed by atoms with Gasteiger partial charge in [-0.1, -0.05) is 72.6 Å². The fraction of sp³-hybridized carbons (Fsp3) is 0.434. The highest BCUT2D eigenvalue weighted by atomic mass is 32.2. The number of aliphatic hydroxyl groups excluding tert-OH is 2. The highest BCUT2D eigenvalue weighted by molar-refractivity contribution is 7.89. The Morgan fingerprint density at radius 3 is 2.33 bits per heavy atom. The zero-order chi connectivity index (χ0) is 47.0. The number of likely N-dealkylation sites (N-methyl/N-ethyl adjacent to an activating group) is 1. The molecule has 1 saturated heterocycles. The molecule has 2 heterocycles. The van der Waals surface area contributed by atoms with Gasteiger partial charge in [0.25, 0.3) is 0 Å². The Labute approximate surface area is 394 Å². The average Bonchev–Trinajstić information content (AvgIpc) is 3.34. The van der Waals surface area contributed by atoms with Gasteiger partial charge in [0.05, 0.1) is 35.8 Å². The molecule has 7 atom stereocenters. The molecular formula is C53H63N3O10S. The summed E-state index contributed by atoms with van der Waals surface area (Å²) in [6.07, 6.45) is 10.3. The van der Waals surface area contributed by atoms with Gasteiger partial charge in [0.2, 0.25) is 28.0 Å². The van der Waals surface area contributed by atoms with E-state index in [0.29, 0.717) is 54.5 Å². The largest absolute Gasteiger partial charge is 0.460 e. The third-order valence-electron chi connectivity index (χ3n) is 13.6. The molecule has 4 aromatic rings. The normalized spacial score (nSPS) is 25.0. The van der Waals surface area contributed by atoms with E-state index in [2.05, 4.69) is 30.1 Å². The van der Waals surface area contributed by atoms with E-state index in [1.54, 1.807) is 25.3 Å². The molecule has 4 aromatic carbocycles. The van der Waals surface area contributed by atoms with Gasteiger partial charge < -0.3 is 39.3 Å². The third-order valence-corrected chi connectivity index (χ3v) is 15.4. The van der Waals surface area contributed by atoms with Gasteiger partial charge in [0, 0.05) is 57.2 Å². The molecule has 3 N–H and O–H groups in total. The van der Waals surface area contributed by atoms with E-state index in [0.717, 1.165) is 60.8 Å². The van der Waals surface area contributed by atoms with Crippen LogP contribution in [0.25, 0.3) is 11.1 Å². The number of aliphatic hydroxyl groups is 2. The highest BCUT2D eigenvalue weighted by Gasteiger charge is 2.65. The third kappa shape index (κ3) is 10.5. The van der Waals surface area contributed by atoms with Crippen molar-refractivity contribution in [3.05, 3.63) is 127 Å². The predicted octanol–water partition coefficient (Wildman–Crippen LogP) is 9.59. The van der Waals surface area contributed by atoms with Crippen LogP contribution in [-0.2, 0) is 29.1 Å². The minimum atomic E-state index is -4.25. The van der Waals surface area contributed by atoms with Crippen LogP contribution in [0.5, 0.6) is 17.2 Å². The molecule has 356 valence electrons. The Morgan fingerprint density at radius 2 is 1.64 bits per heavy atom. The van der Waals surface area contributed by atoms with Gasteiger partial charge in [0.1, 0.15) is 17.2 Å². The smallest absolute Gasteiger partial charge is 0.243 e. The molecule has 1 amide bonds. The minimum Gasteiger partial charge on any atom is -0.460 e. The molecule has 1 saturated carbocycles. The highest BCUT2D eigenvalue weighted by Crippen LogP contribution is 2.62. The summed E-state index contributed by atoms with van der Waals surface area (Å²) in [7, 11) is -2.71. The van der Waals surface area contributed by atoms with Crippen molar-refractivity contribution < 1.29 is 47.2 Å². The molecule has 0 aromatic heterocycles. The summed E-state index contributed by atoms with van der Waals surface area (Å²) in [6, 6.07) is 29.0. The van der Waals surface area contributed by atoms with Crippen LogP contribution in [0.2, 0.25) is 0 Å². The Bertz CT molecular complexity index is 2490. The number of hydrogen-bond acceptors (Lipinski definition) is 11. The van der Waals surface area contributed by atoms with Crippen LogP contribution < -0.4 is 14.8 Å². The van der Waals surface area contributed by atoms with Crippen molar-refractivity contribution in [2.24, 2.45) is 22.9 Å². The molecule has 1 unspecified atom stereocenters. The predicted molar refractivity (Wildman–Crippen MR) is 257 cm³/mol. The van der Waals surface area contributed by atoms with Gasteiger partial charge in [0.15, 0.2) is 0 Å². The van der Waals surface area contributed by atoms with Crippen molar-refractivity contribution in [2.75, 3.05) is 38.8 Å². The summed E-state index contributed by atoms with van der Waals surface area (Å²) in [4.78, 5) is 18.1. The molecule has 0 spiro atoms. The van der Waals surface area contributed by atoms with E-state index in [1.165, 1.54) is 23.4 Å². The number of carbonyl (C=O) groups excluding carboxylic acids is 1. The molecule has 2 fully saturated rings. The lowest BCUT2D eigenvalue weighted by Crippen LogP contribution is -2.69. The lowest BCUT2D eigenvalue weighted by Gasteiger charge is -2.59. The number of ether oxygens (including phenoxy) is 4. The number of sulfonamides is 1. The molecule has 14 heteroatoms. The number of nitrogens with zero attached hydrogens (tertiary/aromatic N) is 2. The van der Waals surface area contributed by atoms with Crippen molar-refractivity contribution in [1.82, 2.24) is 4.31 Å². The van der Waals surface area contributed by atoms with Crippen LogP contribution in [-0.4, -0.2) is 86.1 Å². The summed E-state index contributed by atoms with van der Waals surface area (Å²) < 4.78 is 58.1. The number of fused-ring (bicyclic) bond motifs is 2. The molecular weight excluding hydrogens is 871 g/mol. The zero-order valence-corrected chi connectivity index (χ0v) is 39.2. The Kier molecular flexibility index (Phi) is 15.6. The molecule has 4 aliphatic rings. The van der Waals surface area contributed by atoms with Crippen molar-refractivity contribution >= 4 is 27.3 Å². The molecule has 8 rings (SSSR count). The lowest BCUT2D eigenvalue weighted by atomic mass is 9.55. The van der Waals surface area contributed by atoms with Crippen LogP contribution in [0.3, 0.4) is 0 Å². The van der Waals surface area contributed by atoms with Crippen LogP contribution in [0.15, 0.2) is 131 Å². The first-order valence-electron chi connectivity index (χ1n) is 23.6. The van der Waals surface area contributed by atoms with Gasteiger partial charge >= 0.3 is 0 Å². The quantitative estimate of drug-likeness (QED) is 0.0442. The number of anilines is 1. The number of nitrogens with one attached hydrogen (secondary N) is 1. The maximum Gasteiger partial charge on any atom is 0.243 e. The van der Waals surface area contributed by atoms with Crippen LogP contribution in [0.1, 0.15) is 82.6 Å². The molecule has 2 aliphatic carbocycles. The SMILES string of the molecule is C=CCO[C@@]12Oc3ccc(Oc4ccc(-c5ccccc5)cc4)cc3[C@H]3[C@H](CCCCO)[C@@H](CCCCO)C=C(C(=NOC4CCCCO4)C[C@@H]1N(C)S(=O)(=O)c1ccc(NC(C)=O)cc1)[C@H]32. The number of rotatable bonds is 20. The van der Waals surface area contributed by atoms with E-state index in [-0.39, 0.29) is 54.8 Å². The Balaban J connectivity index is 1.28. The molecule has 0 bridgehead atoms. The topological polar surface area (TPSA) is 165 Å². The average molecular weight is 934 g/mol. The maximum atomic E-state index is 15.0. The maximum absolute atomic E-state index is 15.0. The first kappa shape index (κ1) is 48.1. The van der Waals surface area contributed by atoms with Crippen LogP contribution in [0.4, 0.5) is 5.69 Å². The van der Waals surface area contributed by atoms with Crippen LogP contribution in [0, 0.1) is 17.8 Å². The van der Waals surface area contributed by atoms with E-state index in [1.807, 2.05) is 60.7 Å². The molecule has 67 heavy (non-hydrogen) atoms. The monoisotopic (exact) mass is 933 g/mol. The van der Waals surface area contributed by atoms with Crippen molar-refractivity contribution in [3.8, 4) is 28.4 Å². The number of unbranched alkanes of at least 4 members (excludes halogenated alkanes) is 2. The number of carbonyl (C=O) groups is 1. The van der Waals surface area contributed by atoms with Gasteiger partial charge in [-0.05, 0) is 122 Å². The Morgan fingerprint density at radius 1 is 0.925 bits per heavy atom.